The molecule has 1 saturated heterocycles. The molecule has 1 aliphatic heterocycles. The number of carboxylic acid groups (broad SMARTS) is 1. The van der Waals surface area contributed by atoms with E-state index in [2.05, 4.69) is 25.6 Å². The number of rotatable bonds is 5. The number of hydrogen-bond acceptors (Lipinski definition) is 5. The molecule has 4 heterocycles. The molecule has 8 heteroatoms. The Morgan fingerprint density at radius 2 is 2.08 bits per heavy atom. The number of nitrogens with zero attached hydrogens (tertiary/aromatic N) is 5. The Hall–Kier alpha value is -2.45. The minimum atomic E-state index is -0.933. The van der Waals surface area contributed by atoms with Crippen molar-refractivity contribution in [1.82, 2.24) is 24.2 Å². The van der Waals surface area contributed by atoms with Gasteiger partial charge in [-0.05, 0) is 31.0 Å². The minimum Gasteiger partial charge on any atom is -0.479 e. The zero-order valence-corrected chi connectivity index (χ0v) is 14.5. The van der Waals surface area contributed by atoms with E-state index in [0.717, 1.165) is 30.5 Å². The molecule has 1 N–H and O–H groups in total. The molecule has 25 heavy (non-hydrogen) atoms. The summed E-state index contributed by atoms with van der Waals surface area (Å²) >= 11 is 1.60. The van der Waals surface area contributed by atoms with Crippen LogP contribution in [0.3, 0.4) is 0 Å². The van der Waals surface area contributed by atoms with Crippen LogP contribution in [0.15, 0.2) is 48.4 Å². The van der Waals surface area contributed by atoms with Gasteiger partial charge in [-0.25, -0.2) is 9.78 Å². The molecular weight excluding hydrogens is 338 g/mol. The van der Waals surface area contributed by atoms with Gasteiger partial charge in [0.15, 0.2) is 10.7 Å². The SMILES string of the molecule is O=C(O)C1(n2cccn2)CCN(Cc2cccn2-c2nccs2)CC1. The average Bonchev–Trinajstić information content (AvgIpc) is 3.37. The molecule has 7 nitrogen and oxygen atoms in total. The third-order valence-electron chi connectivity index (χ3n) is 4.87. The monoisotopic (exact) mass is 357 g/mol. The summed E-state index contributed by atoms with van der Waals surface area (Å²) in [6.07, 6.45) is 8.29. The average molecular weight is 357 g/mol. The summed E-state index contributed by atoms with van der Waals surface area (Å²) in [7, 11) is 0. The Balaban J connectivity index is 1.48. The van der Waals surface area contributed by atoms with Crippen molar-refractivity contribution in [2.24, 2.45) is 0 Å². The Bertz CT molecular complexity index is 832. The number of thiazole rings is 1. The number of carbonyl (C=O) groups is 1. The van der Waals surface area contributed by atoms with Crippen molar-refractivity contribution in [3.05, 3.63) is 54.1 Å². The smallest absolute Gasteiger partial charge is 0.331 e. The molecule has 4 rings (SSSR count). The van der Waals surface area contributed by atoms with Gasteiger partial charge in [-0.3, -0.25) is 14.1 Å². The van der Waals surface area contributed by atoms with E-state index >= 15 is 0 Å². The molecular formula is C17H19N5O2S. The number of hydrogen-bond donors (Lipinski definition) is 1. The van der Waals surface area contributed by atoms with Crippen LogP contribution < -0.4 is 0 Å². The Kier molecular flexibility index (Phi) is 4.14. The highest BCUT2D eigenvalue weighted by Gasteiger charge is 2.43. The molecule has 0 bridgehead atoms. The first-order chi connectivity index (χ1) is 12.2. The molecule has 0 amide bonds. The molecule has 3 aromatic heterocycles. The summed E-state index contributed by atoms with van der Waals surface area (Å²) in [5, 5.41) is 16.9. The van der Waals surface area contributed by atoms with Crippen molar-refractivity contribution < 1.29 is 9.90 Å². The largest absolute Gasteiger partial charge is 0.479 e. The third kappa shape index (κ3) is 2.87. The van der Waals surface area contributed by atoms with Crippen molar-refractivity contribution >= 4 is 17.3 Å². The summed E-state index contributed by atoms with van der Waals surface area (Å²) in [4.78, 5) is 18.6. The van der Waals surface area contributed by atoms with Gasteiger partial charge in [-0.2, -0.15) is 5.10 Å². The summed E-state index contributed by atoms with van der Waals surface area (Å²) in [6.45, 7) is 2.21. The second-order valence-corrected chi connectivity index (χ2v) is 7.12. The number of aromatic nitrogens is 4. The normalized spacial score (nSPS) is 17.6. The first-order valence-electron chi connectivity index (χ1n) is 8.21. The van der Waals surface area contributed by atoms with Gasteiger partial charge >= 0.3 is 5.97 Å². The molecule has 0 aromatic carbocycles. The van der Waals surface area contributed by atoms with E-state index in [1.165, 1.54) is 0 Å². The fraction of sp³-hybridized carbons (Fsp3) is 0.353. The van der Waals surface area contributed by atoms with Gasteiger partial charge in [-0.15, -0.1) is 11.3 Å². The van der Waals surface area contributed by atoms with Crippen LogP contribution in [0.2, 0.25) is 0 Å². The van der Waals surface area contributed by atoms with Gasteiger partial charge in [0.1, 0.15) is 0 Å². The fourth-order valence-corrected chi connectivity index (χ4v) is 4.10. The van der Waals surface area contributed by atoms with E-state index in [0.29, 0.717) is 12.8 Å². The lowest BCUT2D eigenvalue weighted by atomic mass is 9.87. The van der Waals surface area contributed by atoms with E-state index < -0.39 is 11.5 Å². The third-order valence-corrected chi connectivity index (χ3v) is 5.64. The van der Waals surface area contributed by atoms with Crippen molar-refractivity contribution in [1.29, 1.82) is 0 Å². The van der Waals surface area contributed by atoms with Crippen LogP contribution in [0.1, 0.15) is 18.5 Å². The van der Waals surface area contributed by atoms with Crippen LogP contribution in [0.5, 0.6) is 0 Å². The topological polar surface area (TPSA) is 76.2 Å². The predicted octanol–water partition coefficient (Wildman–Crippen LogP) is 2.21. The van der Waals surface area contributed by atoms with Crippen LogP contribution in [-0.2, 0) is 16.9 Å². The van der Waals surface area contributed by atoms with E-state index in [-0.39, 0.29) is 0 Å². The van der Waals surface area contributed by atoms with E-state index in [1.54, 1.807) is 40.7 Å². The van der Waals surface area contributed by atoms with Crippen LogP contribution >= 0.6 is 11.3 Å². The molecule has 0 aliphatic carbocycles. The zero-order chi connectivity index (χ0) is 17.3. The molecule has 0 saturated carbocycles. The molecule has 0 atom stereocenters. The lowest BCUT2D eigenvalue weighted by molar-refractivity contribution is -0.151. The molecule has 0 spiro atoms. The summed E-state index contributed by atoms with van der Waals surface area (Å²) in [5.74, 6) is -0.804. The lowest BCUT2D eigenvalue weighted by Crippen LogP contribution is -2.51. The maximum Gasteiger partial charge on any atom is 0.331 e. The van der Waals surface area contributed by atoms with Gasteiger partial charge in [-0.1, -0.05) is 0 Å². The minimum absolute atomic E-state index is 0.544. The summed E-state index contributed by atoms with van der Waals surface area (Å²) in [5.41, 5.74) is 0.231. The molecule has 0 unspecified atom stereocenters. The first-order valence-corrected chi connectivity index (χ1v) is 9.09. The van der Waals surface area contributed by atoms with Gasteiger partial charge in [0.25, 0.3) is 0 Å². The quantitative estimate of drug-likeness (QED) is 0.758. The highest BCUT2D eigenvalue weighted by Crippen LogP contribution is 2.31. The number of aliphatic carboxylic acids is 1. The molecule has 0 radical (unpaired) electrons. The van der Waals surface area contributed by atoms with E-state index in [4.69, 9.17) is 0 Å². The van der Waals surface area contributed by atoms with E-state index in [9.17, 15) is 9.90 Å². The van der Waals surface area contributed by atoms with Gasteiger partial charge < -0.3 is 5.11 Å². The Morgan fingerprint density at radius 3 is 2.72 bits per heavy atom. The van der Waals surface area contributed by atoms with Crippen molar-refractivity contribution in [3.63, 3.8) is 0 Å². The van der Waals surface area contributed by atoms with Gasteiger partial charge in [0.2, 0.25) is 0 Å². The highest BCUT2D eigenvalue weighted by molar-refractivity contribution is 7.12. The first kappa shape index (κ1) is 16.0. The van der Waals surface area contributed by atoms with Crippen molar-refractivity contribution in [3.8, 4) is 5.13 Å². The van der Waals surface area contributed by atoms with Crippen molar-refractivity contribution in [2.75, 3.05) is 13.1 Å². The van der Waals surface area contributed by atoms with Crippen LogP contribution in [0, 0.1) is 0 Å². The van der Waals surface area contributed by atoms with Gasteiger partial charge in [0, 0.05) is 55.5 Å². The van der Waals surface area contributed by atoms with Crippen LogP contribution in [0.25, 0.3) is 5.13 Å². The molecule has 1 aliphatic rings. The number of carboxylic acids is 1. The maximum atomic E-state index is 11.9. The molecule has 3 aromatic rings. The Labute approximate surface area is 149 Å². The van der Waals surface area contributed by atoms with Crippen LogP contribution in [-0.4, -0.2) is 48.4 Å². The summed E-state index contributed by atoms with van der Waals surface area (Å²) in [6, 6.07) is 5.89. The van der Waals surface area contributed by atoms with Crippen LogP contribution in [0.4, 0.5) is 0 Å². The highest BCUT2D eigenvalue weighted by atomic mass is 32.1. The zero-order valence-electron chi connectivity index (χ0n) is 13.7. The standard InChI is InChI=1S/C17H19N5O2S/c23-15(24)17(22-9-2-6-19-22)4-10-20(11-5-17)13-14-3-1-8-21(14)16-18-7-12-25-16/h1-3,6-9,12H,4-5,10-11,13H2,(H,23,24). The van der Waals surface area contributed by atoms with Crippen molar-refractivity contribution in [2.45, 2.75) is 24.9 Å². The Morgan fingerprint density at radius 1 is 1.24 bits per heavy atom. The predicted molar refractivity (Wildman–Crippen MR) is 93.8 cm³/mol. The number of piperidine rings is 1. The maximum absolute atomic E-state index is 11.9. The van der Waals surface area contributed by atoms with E-state index in [1.807, 2.05) is 17.6 Å². The number of likely N-dealkylation sites (tertiary alicyclic amines) is 1. The lowest BCUT2D eigenvalue weighted by Gasteiger charge is -2.38. The second-order valence-electron chi connectivity index (χ2n) is 6.25. The van der Waals surface area contributed by atoms with Gasteiger partial charge in [0.05, 0.1) is 0 Å². The fourth-order valence-electron chi connectivity index (χ4n) is 3.44. The second kappa shape index (κ2) is 6.45. The molecule has 130 valence electrons. The summed E-state index contributed by atoms with van der Waals surface area (Å²) < 4.78 is 3.70. The molecule has 1 fully saturated rings.